The zero-order valence-corrected chi connectivity index (χ0v) is 18.5. The van der Waals surface area contributed by atoms with Gasteiger partial charge in [-0.25, -0.2) is 9.97 Å². The first kappa shape index (κ1) is 22.6. The van der Waals surface area contributed by atoms with E-state index in [4.69, 9.17) is 4.74 Å². The summed E-state index contributed by atoms with van der Waals surface area (Å²) in [5.74, 6) is 1.13. The molecule has 2 aromatic heterocycles. The van der Waals surface area contributed by atoms with Gasteiger partial charge in [0.15, 0.2) is 5.65 Å². The van der Waals surface area contributed by atoms with E-state index in [-0.39, 0.29) is 17.6 Å². The molecule has 180 valence electrons. The van der Waals surface area contributed by atoms with Crippen LogP contribution in [0.4, 0.5) is 13.2 Å². The molecule has 7 nitrogen and oxygen atoms in total. The third kappa shape index (κ3) is 5.01. The number of aromatic amines is 1. The fourth-order valence-electron chi connectivity index (χ4n) is 4.81. The lowest BCUT2D eigenvalue weighted by Gasteiger charge is -2.32. The normalized spacial score (nSPS) is 19.6. The van der Waals surface area contributed by atoms with Gasteiger partial charge in [-0.3, -0.25) is 4.79 Å². The maximum Gasteiger partial charge on any atom is 0.573 e. The molecule has 0 saturated carbocycles. The molecule has 2 fully saturated rings. The fourth-order valence-corrected chi connectivity index (χ4v) is 4.81. The van der Waals surface area contributed by atoms with E-state index in [1.54, 1.807) is 11.1 Å². The molecule has 1 unspecified atom stereocenters. The van der Waals surface area contributed by atoms with Crippen LogP contribution in [0, 0.1) is 5.92 Å². The average molecular weight is 474 g/mol. The Hall–Kier alpha value is -3.14. The molecule has 2 aliphatic rings. The molecule has 5 rings (SSSR count). The number of rotatable bonds is 5. The third-order valence-corrected chi connectivity index (χ3v) is 6.54. The molecule has 1 amide bonds. The summed E-state index contributed by atoms with van der Waals surface area (Å²) in [5, 5.41) is 0. The van der Waals surface area contributed by atoms with E-state index in [0.717, 1.165) is 67.9 Å². The predicted octanol–water partition coefficient (Wildman–Crippen LogP) is 4.46. The molecular formula is C24H25F3N4O3. The van der Waals surface area contributed by atoms with Crippen LogP contribution in [0.3, 0.4) is 0 Å². The smallest absolute Gasteiger partial charge is 0.406 e. The van der Waals surface area contributed by atoms with Gasteiger partial charge in [-0.1, -0.05) is 0 Å². The van der Waals surface area contributed by atoms with Gasteiger partial charge in [0.05, 0.1) is 5.52 Å². The summed E-state index contributed by atoms with van der Waals surface area (Å²) >= 11 is 0. The summed E-state index contributed by atoms with van der Waals surface area (Å²) in [6.07, 6.45) is 0.475. The van der Waals surface area contributed by atoms with E-state index in [2.05, 4.69) is 19.7 Å². The number of amides is 1. The van der Waals surface area contributed by atoms with Crippen molar-refractivity contribution in [1.82, 2.24) is 19.9 Å². The van der Waals surface area contributed by atoms with Gasteiger partial charge in [0, 0.05) is 44.5 Å². The Bertz CT molecular complexity index is 1150. The fraction of sp³-hybridized carbons (Fsp3) is 0.458. The number of hydrogen-bond acceptors (Lipinski definition) is 5. The number of fused-ring (bicyclic) bond motifs is 1. The monoisotopic (exact) mass is 474 g/mol. The number of H-pyrrole nitrogens is 1. The second kappa shape index (κ2) is 9.25. The quantitative estimate of drug-likeness (QED) is 0.591. The molecular weight excluding hydrogens is 449 g/mol. The van der Waals surface area contributed by atoms with Crippen LogP contribution in [0.2, 0.25) is 0 Å². The highest BCUT2D eigenvalue weighted by molar-refractivity contribution is 5.94. The Labute approximate surface area is 194 Å². The van der Waals surface area contributed by atoms with Crippen molar-refractivity contribution in [2.24, 2.45) is 5.92 Å². The summed E-state index contributed by atoms with van der Waals surface area (Å²) in [4.78, 5) is 27.2. The summed E-state index contributed by atoms with van der Waals surface area (Å²) < 4.78 is 46.4. The molecule has 3 aromatic rings. The van der Waals surface area contributed by atoms with Crippen LogP contribution >= 0.6 is 0 Å². The maximum absolute atomic E-state index is 12.8. The first-order valence-electron chi connectivity index (χ1n) is 11.4. The largest absolute Gasteiger partial charge is 0.573 e. The molecule has 10 heteroatoms. The number of nitrogens with zero attached hydrogens (tertiary/aromatic N) is 3. The van der Waals surface area contributed by atoms with Crippen LogP contribution in [0.15, 0.2) is 36.5 Å². The van der Waals surface area contributed by atoms with E-state index in [1.807, 2.05) is 6.07 Å². The van der Waals surface area contributed by atoms with Gasteiger partial charge in [-0.2, -0.15) is 0 Å². The number of nitrogens with one attached hydrogen (secondary N) is 1. The maximum atomic E-state index is 12.8. The molecule has 1 atom stereocenters. The van der Waals surface area contributed by atoms with Crippen molar-refractivity contribution in [3.63, 3.8) is 0 Å². The number of hydrogen-bond donors (Lipinski definition) is 1. The van der Waals surface area contributed by atoms with Gasteiger partial charge in [-0.05, 0) is 67.0 Å². The van der Waals surface area contributed by atoms with Crippen molar-refractivity contribution < 1.29 is 27.4 Å². The molecule has 1 aromatic carbocycles. The summed E-state index contributed by atoms with van der Waals surface area (Å²) in [6.45, 7) is 2.70. The standard InChI is InChI=1S/C24H25F3N4O3/c25-24(26,27)34-18-3-1-17(2-4-18)23(32)31-10-6-16(7-11-31)19-5-9-28-22-21(19)29-20(30-22)13-15-8-12-33-14-15/h1-5,9,15-16H,6-8,10-14H2,(H,28,29,30). The number of imidazole rings is 1. The van der Waals surface area contributed by atoms with Gasteiger partial charge < -0.3 is 19.4 Å². The van der Waals surface area contributed by atoms with Crippen molar-refractivity contribution >= 4 is 17.1 Å². The van der Waals surface area contributed by atoms with Gasteiger partial charge in [0.1, 0.15) is 11.6 Å². The number of pyridine rings is 1. The van der Waals surface area contributed by atoms with Crippen LogP contribution < -0.4 is 4.74 Å². The molecule has 0 bridgehead atoms. The molecule has 34 heavy (non-hydrogen) atoms. The Balaban J connectivity index is 1.23. The highest BCUT2D eigenvalue weighted by atomic mass is 19.4. The predicted molar refractivity (Wildman–Crippen MR) is 118 cm³/mol. The van der Waals surface area contributed by atoms with E-state index in [1.165, 1.54) is 12.1 Å². The highest BCUT2D eigenvalue weighted by Gasteiger charge is 2.31. The van der Waals surface area contributed by atoms with Crippen molar-refractivity contribution in [2.45, 2.75) is 38.0 Å². The molecule has 1 N–H and O–H groups in total. The number of carbonyl (C=O) groups excluding carboxylic acids is 1. The van der Waals surface area contributed by atoms with E-state index in [0.29, 0.717) is 30.2 Å². The van der Waals surface area contributed by atoms with Crippen LogP contribution in [-0.2, 0) is 11.2 Å². The number of aromatic nitrogens is 3. The molecule has 0 aliphatic carbocycles. The number of ether oxygens (including phenoxy) is 2. The topological polar surface area (TPSA) is 80.3 Å². The lowest BCUT2D eigenvalue weighted by molar-refractivity contribution is -0.274. The average Bonchev–Trinajstić information content (AvgIpc) is 3.47. The lowest BCUT2D eigenvalue weighted by Crippen LogP contribution is -2.38. The molecule has 4 heterocycles. The zero-order chi connectivity index (χ0) is 23.7. The van der Waals surface area contributed by atoms with E-state index in [9.17, 15) is 18.0 Å². The Morgan fingerprint density at radius 2 is 1.91 bits per heavy atom. The molecule has 0 radical (unpaired) electrons. The van der Waals surface area contributed by atoms with Crippen molar-refractivity contribution in [1.29, 1.82) is 0 Å². The zero-order valence-electron chi connectivity index (χ0n) is 18.5. The summed E-state index contributed by atoms with van der Waals surface area (Å²) in [6, 6.07) is 7.07. The van der Waals surface area contributed by atoms with Crippen molar-refractivity contribution in [3.05, 3.63) is 53.5 Å². The van der Waals surface area contributed by atoms with E-state index < -0.39 is 6.36 Å². The Kier molecular flexibility index (Phi) is 6.16. The van der Waals surface area contributed by atoms with E-state index >= 15 is 0 Å². The minimum Gasteiger partial charge on any atom is -0.406 e. The van der Waals surface area contributed by atoms with Gasteiger partial charge in [-0.15, -0.1) is 13.2 Å². The van der Waals surface area contributed by atoms with Crippen LogP contribution in [0.25, 0.3) is 11.2 Å². The van der Waals surface area contributed by atoms with Gasteiger partial charge in [0.2, 0.25) is 0 Å². The minimum atomic E-state index is -4.76. The van der Waals surface area contributed by atoms with Gasteiger partial charge in [0.25, 0.3) is 5.91 Å². The number of alkyl halides is 3. The summed E-state index contributed by atoms with van der Waals surface area (Å²) in [5.41, 5.74) is 3.17. The number of benzene rings is 1. The van der Waals surface area contributed by atoms with Crippen LogP contribution in [0.5, 0.6) is 5.75 Å². The van der Waals surface area contributed by atoms with Crippen molar-refractivity contribution in [2.75, 3.05) is 26.3 Å². The Morgan fingerprint density at radius 1 is 1.15 bits per heavy atom. The first-order valence-corrected chi connectivity index (χ1v) is 11.4. The third-order valence-electron chi connectivity index (χ3n) is 6.54. The van der Waals surface area contributed by atoms with Crippen LogP contribution in [0.1, 0.15) is 46.9 Å². The number of carbonyl (C=O) groups is 1. The van der Waals surface area contributed by atoms with Crippen LogP contribution in [-0.4, -0.2) is 58.4 Å². The first-order chi connectivity index (χ1) is 16.4. The minimum absolute atomic E-state index is 0.195. The highest BCUT2D eigenvalue weighted by Crippen LogP contribution is 2.33. The second-order valence-electron chi connectivity index (χ2n) is 8.85. The second-order valence-corrected chi connectivity index (χ2v) is 8.85. The molecule has 0 spiro atoms. The molecule has 2 saturated heterocycles. The van der Waals surface area contributed by atoms with Crippen molar-refractivity contribution in [3.8, 4) is 5.75 Å². The SMILES string of the molecule is O=C(c1ccc(OC(F)(F)F)cc1)N1CCC(c2ccnc3nc(CC4CCOC4)[nH]c23)CC1. The lowest BCUT2D eigenvalue weighted by atomic mass is 9.89. The number of halogens is 3. The number of likely N-dealkylation sites (tertiary alicyclic amines) is 1. The Morgan fingerprint density at radius 3 is 2.59 bits per heavy atom. The van der Waals surface area contributed by atoms with Gasteiger partial charge >= 0.3 is 6.36 Å². The summed E-state index contributed by atoms with van der Waals surface area (Å²) in [7, 11) is 0. The number of piperidine rings is 1. The molecule has 2 aliphatic heterocycles.